The second kappa shape index (κ2) is 3.10. The molecule has 2 aromatic heterocycles. The molecule has 0 bridgehead atoms. The molecular formula is C9H13N3S. The van der Waals surface area contributed by atoms with Gasteiger partial charge in [-0.3, -0.25) is 0 Å². The SMILES string of the molecule is Cc1nc2scnn2c1CC(C)C. The molecule has 0 aromatic carbocycles. The summed E-state index contributed by atoms with van der Waals surface area (Å²) in [5.74, 6) is 0.653. The lowest BCUT2D eigenvalue weighted by Crippen LogP contribution is -2.00. The molecule has 4 heteroatoms. The van der Waals surface area contributed by atoms with Crippen molar-refractivity contribution in [2.24, 2.45) is 5.92 Å². The highest BCUT2D eigenvalue weighted by Gasteiger charge is 2.11. The van der Waals surface area contributed by atoms with E-state index >= 15 is 0 Å². The van der Waals surface area contributed by atoms with Crippen molar-refractivity contribution in [1.82, 2.24) is 14.6 Å². The molecule has 0 spiro atoms. The van der Waals surface area contributed by atoms with Crippen LogP contribution in [0.1, 0.15) is 25.2 Å². The van der Waals surface area contributed by atoms with Gasteiger partial charge in [0, 0.05) is 0 Å². The number of fused-ring (bicyclic) bond motifs is 1. The van der Waals surface area contributed by atoms with Crippen molar-refractivity contribution < 1.29 is 0 Å². The molecule has 0 radical (unpaired) electrons. The van der Waals surface area contributed by atoms with Gasteiger partial charge in [-0.05, 0) is 19.3 Å². The molecule has 0 unspecified atom stereocenters. The summed E-state index contributed by atoms with van der Waals surface area (Å²) in [6.07, 6.45) is 1.05. The highest BCUT2D eigenvalue weighted by atomic mass is 32.1. The van der Waals surface area contributed by atoms with Crippen LogP contribution in [0, 0.1) is 12.8 Å². The van der Waals surface area contributed by atoms with Crippen molar-refractivity contribution in [2.45, 2.75) is 27.2 Å². The van der Waals surface area contributed by atoms with Crippen molar-refractivity contribution in [3.8, 4) is 0 Å². The largest absolute Gasteiger partial charge is 0.223 e. The molecule has 0 fully saturated rings. The summed E-state index contributed by atoms with van der Waals surface area (Å²) in [5, 5.41) is 4.27. The zero-order chi connectivity index (χ0) is 9.42. The Morgan fingerprint density at radius 2 is 2.31 bits per heavy atom. The maximum atomic E-state index is 4.45. The molecule has 0 atom stereocenters. The molecule has 0 aliphatic heterocycles. The smallest absolute Gasteiger partial charge is 0.212 e. The summed E-state index contributed by atoms with van der Waals surface area (Å²) in [6.45, 7) is 6.48. The fourth-order valence-corrected chi connectivity index (χ4v) is 2.14. The Morgan fingerprint density at radius 3 is 3.00 bits per heavy atom. The highest BCUT2D eigenvalue weighted by molar-refractivity contribution is 7.14. The molecule has 13 heavy (non-hydrogen) atoms. The van der Waals surface area contributed by atoms with Crippen molar-refractivity contribution in [2.75, 3.05) is 0 Å². The van der Waals surface area contributed by atoms with E-state index in [9.17, 15) is 0 Å². The van der Waals surface area contributed by atoms with Gasteiger partial charge in [0.25, 0.3) is 0 Å². The second-order valence-corrected chi connectivity index (χ2v) is 4.49. The van der Waals surface area contributed by atoms with Crippen LogP contribution in [0.3, 0.4) is 0 Å². The number of hydrogen-bond acceptors (Lipinski definition) is 3. The quantitative estimate of drug-likeness (QED) is 0.736. The predicted molar refractivity (Wildman–Crippen MR) is 54.1 cm³/mol. The van der Waals surface area contributed by atoms with Crippen LogP contribution in [0.25, 0.3) is 4.96 Å². The van der Waals surface area contributed by atoms with E-state index in [-0.39, 0.29) is 0 Å². The first kappa shape index (κ1) is 8.69. The van der Waals surface area contributed by atoms with Gasteiger partial charge in [-0.25, -0.2) is 9.50 Å². The monoisotopic (exact) mass is 195 g/mol. The Labute approximate surface area is 81.4 Å². The van der Waals surface area contributed by atoms with E-state index in [0.29, 0.717) is 5.92 Å². The fourth-order valence-electron chi connectivity index (χ4n) is 1.46. The lowest BCUT2D eigenvalue weighted by Gasteiger charge is -2.02. The standard InChI is InChI=1S/C9H13N3S/c1-6(2)4-8-7(3)11-9-12(8)10-5-13-9/h5-6H,4H2,1-3H3. The number of nitrogens with zero attached hydrogens (tertiary/aromatic N) is 3. The molecule has 0 saturated carbocycles. The molecule has 0 N–H and O–H groups in total. The minimum absolute atomic E-state index is 0.653. The van der Waals surface area contributed by atoms with Crippen molar-refractivity contribution in [3.63, 3.8) is 0 Å². The normalized spacial score (nSPS) is 11.7. The first-order chi connectivity index (χ1) is 6.18. The molecule has 3 nitrogen and oxygen atoms in total. The Kier molecular flexibility index (Phi) is 2.07. The Bertz CT molecular complexity index is 413. The average molecular weight is 195 g/mol. The van der Waals surface area contributed by atoms with Crippen LogP contribution >= 0.6 is 11.3 Å². The van der Waals surface area contributed by atoms with Crippen LogP contribution in [-0.4, -0.2) is 14.6 Å². The van der Waals surface area contributed by atoms with Crippen molar-refractivity contribution >= 4 is 16.3 Å². The van der Waals surface area contributed by atoms with Gasteiger partial charge in [0.15, 0.2) is 0 Å². The van der Waals surface area contributed by atoms with Gasteiger partial charge in [-0.2, -0.15) is 5.10 Å². The van der Waals surface area contributed by atoms with Crippen molar-refractivity contribution in [1.29, 1.82) is 0 Å². The molecule has 0 aliphatic rings. The third-order valence-electron chi connectivity index (χ3n) is 2.04. The predicted octanol–water partition coefficient (Wildman–Crippen LogP) is 2.30. The topological polar surface area (TPSA) is 30.2 Å². The van der Waals surface area contributed by atoms with Crippen LogP contribution < -0.4 is 0 Å². The molecule has 0 saturated heterocycles. The molecule has 2 heterocycles. The number of hydrogen-bond donors (Lipinski definition) is 0. The Morgan fingerprint density at radius 1 is 1.54 bits per heavy atom. The first-order valence-electron chi connectivity index (χ1n) is 4.46. The first-order valence-corrected chi connectivity index (χ1v) is 5.34. The molecule has 0 amide bonds. The van der Waals surface area contributed by atoms with Gasteiger partial charge in [-0.15, -0.1) is 0 Å². The third-order valence-corrected chi connectivity index (χ3v) is 2.71. The van der Waals surface area contributed by atoms with Crippen LogP contribution in [-0.2, 0) is 6.42 Å². The van der Waals surface area contributed by atoms with Gasteiger partial charge in [0.2, 0.25) is 4.96 Å². The summed E-state index contributed by atoms with van der Waals surface area (Å²) >= 11 is 1.59. The Hall–Kier alpha value is -0.900. The fraction of sp³-hybridized carbons (Fsp3) is 0.556. The summed E-state index contributed by atoms with van der Waals surface area (Å²) < 4.78 is 1.96. The van der Waals surface area contributed by atoms with Crippen LogP contribution in [0.4, 0.5) is 0 Å². The highest BCUT2D eigenvalue weighted by Crippen LogP contribution is 2.17. The Balaban J connectivity index is 2.51. The zero-order valence-electron chi connectivity index (χ0n) is 8.11. The van der Waals surface area contributed by atoms with E-state index in [0.717, 1.165) is 17.1 Å². The molecule has 2 aromatic rings. The van der Waals surface area contributed by atoms with E-state index in [2.05, 4.69) is 30.9 Å². The van der Waals surface area contributed by atoms with Crippen molar-refractivity contribution in [3.05, 3.63) is 16.9 Å². The second-order valence-electron chi connectivity index (χ2n) is 3.67. The summed E-state index contributed by atoms with van der Waals surface area (Å²) in [7, 11) is 0. The number of aryl methyl sites for hydroxylation is 1. The molecular weight excluding hydrogens is 182 g/mol. The summed E-state index contributed by atoms with van der Waals surface area (Å²) in [4.78, 5) is 5.45. The number of rotatable bonds is 2. The third kappa shape index (κ3) is 1.46. The lowest BCUT2D eigenvalue weighted by molar-refractivity contribution is 0.620. The lowest BCUT2D eigenvalue weighted by atomic mass is 10.1. The molecule has 0 aliphatic carbocycles. The maximum absolute atomic E-state index is 4.45. The number of aromatic nitrogens is 3. The van der Waals surface area contributed by atoms with Gasteiger partial charge < -0.3 is 0 Å². The minimum Gasteiger partial charge on any atom is -0.223 e. The van der Waals surface area contributed by atoms with Crippen LogP contribution in [0.15, 0.2) is 5.51 Å². The van der Waals surface area contributed by atoms with Crippen LogP contribution in [0.5, 0.6) is 0 Å². The summed E-state index contributed by atoms with van der Waals surface area (Å²) in [6, 6.07) is 0. The minimum atomic E-state index is 0.653. The van der Waals surface area contributed by atoms with E-state index in [1.807, 2.05) is 10.0 Å². The maximum Gasteiger partial charge on any atom is 0.212 e. The summed E-state index contributed by atoms with van der Waals surface area (Å²) in [5.41, 5.74) is 4.21. The van der Waals surface area contributed by atoms with Gasteiger partial charge >= 0.3 is 0 Å². The van der Waals surface area contributed by atoms with E-state index in [1.54, 1.807) is 11.3 Å². The van der Waals surface area contributed by atoms with E-state index in [1.165, 1.54) is 5.69 Å². The molecule has 2 rings (SSSR count). The average Bonchev–Trinajstić information content (AvgIpc) is 2.55. The van der Waals surface area contributed by atoms with Gasteiger partial charge in [0.1, 0.15) is 5.51 Å². The van der Waals surface area contributed by atoms with E-state index < -0.39 is 0 Å². The number of imidazole rings is 1. The zero-order valence-corrected chi connectivity index (χ0v) is 8.93. The van der Waals surface area contributed by atoms with E-state index in [4.69, 9.17) is 0 Å². The van der Waals surface area contributed by atoms with Gasteiger partial charge in [0.05, 0.1) is 11.4 Å². The molecule has 70 valence electrons. The van der Waals surface area contributed by atoms with Gasteiger partial charge in [-0.1, -0.05) is 25.2 Å². The van der Waals surface area contributed by atoms with Crippen LogP contribution in [0.2, 0.25) is 0 Å².